The number of carbonyl (C=O) groups excluding carboxylic acids is 1. The van der Waals surface area contributed by atoms with Gasteiger partial charge in [0.15, 0.2) is 0 Å². The zero-order valence-corrected chi connectivity index (χ0v) is 11.7. The Bertz CT molecular complexity index is 598. The molecule has 0 unspecified atom stereocenters. The number of anilines is 2. The molecule has 2 rings (SSSR count). The topological polar surface area (TPSA) is 32.3 Å². The lowest BCUT2D eigenvalue weighted by Crippen LogP contribution is -2.35. The second-order valence-corrected chi connectivity index (χ2v) is 4.61. The van der Waals surface area contributed by atoms with Gasteiger partial charge in [-0.15, -0.1) is 6.58 Å². The zero-order valence-electron chi connectivity index (χ0n) is 10.9. The molecule has 0 bridgehead atoms. The van der Waals surface area contributed by atoms with Crippen LogP contribution in [0.25, 0.3) is 0 Å². The molecule has 0 heterocycles. The molecule has 2 amide bonds. The lowest BCUT2D eigenvalue weighted by molar-refractivity contribution is 0.257. The van der Waals surface area contributed by atoms with Gasteiger partial charge in [-0.25, -0.2) is 4.79 Å². The monoisotopic (exact) mass is 286 g/mol. The van der Waals surface area contributed by atoms with Gasteiger partial charge in [-0.2, -0.15) is 0 Å². The minimum Gasteiger partial charge on any atom is -0.307 e. The van der Waals surface area contributed by atoms with E-state index in [1.165, 1.54) is 0 Å². The molecule has 20 heavy (non-hydrogen) atoms. The molecule has 0 atom stereocenters. The first-order valence-corrected chi connectivity index (χ1v) is 6.58. The van der Waals surface area contributed by atoms with Crippen LogP contribution in [0.1, 0.15) is 0 Å². The molecule has 3 nitrogen and oxygen atoms in total. The summed E-state index contributed by atoms with van der Waals surface area (Å²) < 4.78 is 0. The number of rotatable bonds is 4. The van der Waals surface area contributed by atoms with Crippen molar-refractivity contribution in [1.82, 2.24) is 0 Å². The molecule has 0 fully saturated rings. The summed E-state index contributed by atoms with van der Waals surface area (Å²) in [5.41, 5.74) is 1.47. The molecule has 2 aromatic carbocycles. The molecule has 2 aromatic rings. The van der Waals surface area contributed by atoms with E-state index in [2.05, 4.69) is 11.9 Å². The van der Waals surface area contributed by atoms with Crippen molar-refractivity contribution in [2.75, 3.05) is 16.8 Å². The van der Waals surface area contributed by atoms with Crippen molar-refractivity contribution in [3.05, 3.63) is 72.3 Å². The summed E-state index contributed by atoms with van der Waals surface area (Å²) in [5.74, 6) is 0. The Balaban J connectivity index is 2.17. The third-order valence-corrected chi connectivity index (χ3v) is 2.94. The van der Waals surface area contributed by atoms with Crippen molar-refractivity contribution in [3.8, 4) is 0 Å². The van der Waals surface area contributed by atoms with E-state index in [1.807, 2.05) is 30.3 Å². The Kier molecular flexibility index (Phi) is 4.80. The van der Waals surface area contributed by atoms with Crippen LogP contribution in [0.3, 0.4) is 0 Å². The molecule has 0 aliphatic carbocycles. The van der Waals surface area contributed by atoms with Gasteiger partial charge in [0, 0.05) is 22.9 Å². The molecule has 0 aromatic heterocycles. The van der Waals surface area contributed by atoms with Gasteiger partial charge in [0.05, 0.1) is 0 Å². The first-order valence-electron chi connectivity index (χ1n) is 6.21. The van der Waals surface area contributed by atoms with Crippen molar-refractivity contribution >= 4 is 29.0 Å². The molecule has 0 saturated carbocycles. The predicted octanol–water partition coefficient (Wildman–Crippen LogP) is 4.56. The van der Waals surface area contributed by atoms with Crippen LogP contribution in [0.15, 0.2) is 67.3 Å². The van der Waals surface area contributed by atoms with E-state index in [0.29, 0.717) is 17.3 Å². The largest absolute Gasteiger partial charge is 0.326 e. The number of carbonyl (C=O) groups is 1. The van der Waals surface area contributed by atoms with Crippen LogP contribution in [-0.4, -0.2) is 12.6 Å². The number of para-hydroxylation sites is 1. The number of nitrogens with zero attached hydrogens (tertiary/aromatic N) is 1. The molecular weight excluding hydrogens is 272 g/mol. The molecule has 0 spiro atoms. The van der Waals surface area contributed by atoms with E-state index in [1.54, 1.807) is 35.2 Å². The molecule has 0 radical (unpaired) electrons. The zero-order chi connectivity index (χ0) is 14.4. The number of hydrogen-bond donors (Lipinski definition) is 1. The molecule has 102 valence electrons. The smallest absolute Gasteiger partial charge is 0.307 e. The summed E-state index contributed by atoms with van der Waals surface area (Å²) in [6.45, 7) is 4.11. The van der Waals surface area contributed by atoms with Crippen LogP contribution in [-0.2, 0) is 0 Å². The SMILES string of the molecule is C=CCN(C(=O)Nc1cccc(Cl)c1)c1ccccc1. The van der Waals surface area contributed by atoms with Crippen molar-refractivity contribution in [2.24, 2.45) is 0 Å². The van der Waals surface area contributed by atoms with Gasteiger partial charge < -0.3 is 5.32 Å². The summed E-state index contributed by atoms with van der Waals surface area (Å²) in [4.78, 5) is 13.9. The lowest BCUT2D eigenvalue weighted by atomic mass is 10.3. The average molecular weight is 287 g/mol. The fraction of sp³-hybridized carbons (Fsp3) is 0.0625. The standard InChI is InChI=1S/C16H15ClN2O/c1-2-11-19(15-9-4-3-5-10-15)16(20)18-14-8-6-7-13(17)12-14/h2-10,12H,1,11H2,(H,18,20). The Morgan fingerprint density at radius 1 is 1.20 bits per heavy atom. The second-order valence-electron chi connectivity index (χ2n) is 4.18. The Hall–Kier alpha value is -2.26. The number of benzene rings is 2. The van der Waals surface area contributed by atoms with Gasteiger partial charge in [0.2, 0.25) is 0 Å². The molecule has 0 saturated heterocycles. The predicted molar refractivity (Wildman–Crippen MR) is 84.5 cm³/mol. The summed E-state index contributed by atoms with van der Waals surface area (Å²) in [6.07, 6.45) is 1.69. The summed E-state index contributed by atoms with van der Waals surface area (Å²) in [6, 6.07) is 16.3. The maximum Gasteiger partial charge on any atom is 0.326 e. The molecule has 1 N–H and O–H groups in total. The molecule has 0 aliphatic rings. The van der Waals surface area contributed by atoms with Crippen LogP contribution in [0, 0.1) is 0 Å². The molecule has 0 aliphatic heterocycles. The van der Waals surface area contributed by atoms with Crippen LogP contribution in [0.4, 0.5) is 16.2 Å². The number of hydrogen-bond acceptors (Lipinski definition) is 1. The second kappa shape index (κ2) is 6.78. The third kappa shape index (κ3) is 3.62. The third-order valence-electron chi connectivity index (χ3n) is 2.70. The maximum absolute atomic E-state index is 12.3. The van der Waals surface area contributed by atoms with E-state index < -0.39 is 0 Å². The average Bonchev–Trinajstić information content (AvgIpc) is 2.45. The van der Waals surface area contributed by atoms with Gasteiger partial charge in [0.1, 0.15) is 0 Å². The summed E-state index contributed by atoms with van der Waals surface area (Å²) >= 11 is 5.90. The van der Waals surface area contributed by atoms with Gasteiger partial charge in [-0.1, -0.05) is 41.9 Å². The van der Waals surface area contributed by atoms with Crippen molar-refractivity contribution in [1.29, 1.82) is 0 Å². The van der Waals surface area contributed by atoms with Gasteiger partial charge >= 0.3 is 6.03 Å². The van der Waals surface area contributed by atoms with Crippen LogP contribution in [0.2, 0.25) is 5.02 Å². The Labute approximate surface area is 123 Å². The Morgan fingerprint density at radius 3 is 2.60 bits per heavy atom. The summed E-state index contributed by atoms with van der Waals surface area (Å²) in [7, 11) is 0. The van der Waals surface area contributed by atoms with E-state index in [9.17, 15) is 4.79 Å². The van der Waals surface area contributed by atoms with Crippen molar-refractivity contribution in [2.45, 2.75) is 0 Å². The van der Waals surface area contributed by atoms with Gasteiger partial charge in [0.25, 0.3) is 0 Å². The lowest BCUT2D eigenvalue weighted by Gasteiger charge is -2.21. The van der Waals surface area contributed by atoms with Crippen LogP contribution < -0.4 is 10.2 Å². The van der Waals surface area contributed by atoms with E-state index in [0.717, 1.165) is 5.69 Å². The number of urea groups is 1. The molecule has 4 heteroatoms. The molecular formula is C16H15ClN2O. The van der Waals surface area contributed by atoms with Crippen molar-refractivity contribution < 1.29 is 4.79 Å². The van der Waals surface area contributed by atoms with Gasteiger partial charge in [-0.05, 0) is 30.3 Å². The highest BCUT2D eigenvalue weighted by molar-refractivity contribution is 6.30. The first kappa shape index (κ1) is 14.2. The summed E-state index contributed by atoms with van der Waals surface area (Å²) in [5, 5.41) is 3.40. The number of nitrogens with one attached hydrogen (secondary N) is 1. The highest BCUT2D eigenvalue weighted by Crippen LogP contribution is 2.18. The van der Waals surface area contributed by atoms with Gasteiger partial charge in [-0.3, -0.25) is 4.90 Å². The fourth-order valence-electron chi connectivity index (χ4n) is 1.80. The minimum atomic E-state index is -0.224. The fourth-order valence-corrected chi connectivity index (χ4v) is 1.99. The van der Waals surface area contributed by atoms with Crippen LogP contribution >= 0.6 is 11.6 Å². The van der Waals surface area contributed by atoms with Crippen molar-refractivity contribution in [3.63, 3.8) is 0 Å². The first-order chi connectivity index (χ1) is 9.70. The van der Waals surface area contributed by atoms with E-state index in [-0.39, 0.29) is 6.03 Å². The quantitative estimate of drug-likeness (QED) is 0.821. The van der Waals surface area contributed by atoms with E-state index in [4.69, 9.17) is 11.6 Å². The number of amides is 2. The number of halogens is 1. The highest BCUT2D eigenvalue weighted by Gasteiger charge is 2.14. The van der Waals surface area contributed by atoms with E-state index >= 15 is 0 Å². The maximum atomic E-state index is 12.3. The minimum absolute atomic E-state index is 0.224. The van der Waals surface area contributed by atoms with Crippen LogP contribution in [0.5, 0.6) is 0 Å². The Morgan fingerprint density at radius 2 is 1.95 bits per heavy atom. The normalized spacial score (nSPS) is 9.85. The highest BCUT2D eigenvalue weighted by atomic mass is 35.5.